The Morgan fingerprint density at radius 3 is 2.23 bits per heavy atom. The fourth-order valence-corrected chi connectivity index (χ4v) is 3.21. The van der Waals surface area contributed by atoms with E-state index in [1.165, 1.54) is 0 Å². The summed E-state index contributed by atoms with van der Waals surface area (Å²) in [5.41, 5.74) is 2.88. The molecule has 0 aliphatic carbocycles. The van der Waals surface area contributed by atoms with Gasteiger partial charge in [0.1, 0.15) is 6.61 Å². The minimum Gasteiger partial charge on any atom is -0.493 e. The Balaban J connectivity index is 1.86. The lowest BCUT2D eigenvalue weighted by atomic mass is 10.0. The standard InChI is InChI=1S/C25H22ClNO4/c1-28-22-11-9-18(14-25(22)30-3)20(15-27)12-17-8-10-23(24(13-17)29-2)31-16-19-6-4-5-7-21(19)26/h4-14H,16H2,1-3H3/b20-12+. The highest BCUT2D eigenvalue weighted by Gasteiger charge is 2.10. The normalized spacial score (nSPS) is 10.9. The Hall–Kier alpha value is -3.62. The number of halogens is 1. The molecule has 0 spiro atoms. The Morgan fingerprint density at radius 1 is 0.871 bits per heavy atom. The van der Waals surface area contributed by atoms with Crippen LogP contribution in [-0.2, 0) is 6.61 Å². The molecule has 0 saturated heterocycles. The van der Waals surface area contributed by atoms with Gasteiger partial charge in [0.05, 0.1) is 33.0 Å². The highest BCUT2D eigenvalue weighted by Crippen LogP contribution is 2.33. The van der Waals surface area contributed by atoms with E-state index in [4.69, 9.17) is 30.5 Å². The van der Waals surface area contributed by atoms with E-state index in [0.717, 1.165) is 16.7 Å². The second kappa shape index (κ2) is 10.4. The van der Waals surface area contributed by atoms with Gasteiger partial charge in [-0.05, 0) is 53.6 Å². The van der Waals surface area contributed by atoms with Crippen LogP contribution in [0.5, 0.6) is 23.0 Å². The molecule has 0 bridgehead atoms. The molecule has 0 fully saturated rings. The second-order valence-corrected chi connectivity index (χ2v) is 6.94. The zero-order valence-electron chi connectivity index (χ0n) is 17.5. The summed E-state index contributed by atoms with van der Waals surface area (Å²) in [5.74, 6) is 2.31. The van der Waals surface area contributed by atoms with Gasteiger partial charge >= 0.3 is 0 Å². The molecule has 0 unspecified atom stereocenters. The number of benzene rings is 3. The van der Waals surface area contributed by atoms with Crippen LogP contribution in [0.3, 0.4) is 0 Å². The van der Waals surface area contributed by atoms with Crippen molar-refractivity contribution < 1.29 is 18.9 Å². The molecule has 6 heteroatoms. The predicted molar refractivity (Wildman–Crippen MR) is 122 cm³/mol. The molecule has 158 valence electrons. The third kappa shape index (κ3) is 5.30. The lowest BCUT2D eigenvalue weighted by Crippen LogP contribution is -1.98. The average Bonchev–Trinajstić information content (AvgIpc) is 2.81. The number of ether oxygens (including phenoxy) is 4. The van der Waals surface area contributed by atoms with Crippen molar-refractivity contribution in [3.05, 3.63) is 82.4 Å². The van der Waals surface area contributed by atoms with Gasteiger partial charge in [-0.25, -0.2) is 0 Å². The Morgan fingerprint density at radius 2 is 1.55 bits per heavy atom. The van der Waals surface area contributed by atoms with Crippen LogP contribution in [0.15, 0.2) is 60.7 Å². The van der Waals surface area contributed by atoms with Crippen molar-refractivity contribution in [2.45, 2.75) is 6.61 Å². The molecule has 0 N–H and O–H groups in total. The van der Waals surface area contributed by atoms with Gasteiger partial charge < -0.3 is 18.9 Å². The number of allylic oxidation sites excluding steroid dienone is 1. The smallest absolute Gasteiger partial charge is 0.161 e. The van der Waals surface area contributed by atoms with Crippen LogP contribution in [-0.4, -0.2) is 21.3 Å². The molecule has 5 nitrogen and oxygen atoms in total. The lowest BCUT2D eigenvalue weighted by molar-refractivity contribution is 0.284. The summed E-state index contributed by atoms with van der Waals surface area (Å²) in [7, 11) is 4.70. The van der Waals surface area contributed by atoms with Crippen molar-refractivity contribution in [2.75, 3.05) is 21.3 Å². The first-order chi connectivity index (χ1) is 15.1. The molecule has 3 aromatic rings. The van der Waals surface area contributed by atoms with E-state index in [9.17, 15) is 5.26 Å². The van der Waals surface area contributed by atoms with Crippen LogP contribution < -0.4 is 18.9 Å². The quantitative estimate of drug-likeness (QED) is 0.320. The first-order valence-electron chi connectivity index (χ1n) is 9.48. The van der Waals surface area contributed by atoms with Crippen LogP contribution >= 0.6 is 11.6 Å². The van der Waals surface area contributed by atoms with Crippen molar-refractivity contribution in [1.29, 1.82) is 5.26 Å². The molecule has 0 aliphatic rings. The van der Waals surface area contributed by atoms with E-state index in [1.54, 1.807) is 39.5 Å². The van der Waals surface area contributed by atoms with Gasteiger partial charge in [-0.1, -0.05) is 35.9 Å². The topological polar surface area (TPSA) is 60.7 Å². The van der Waals surface area contributed by atoms with Crippen LogP contribution in [0.2, 0.25) is 5.02 Å². The third-order valence-corrected chi connectivity index (χ3v) is 5.02. The van der Waals surface area contributed by atoms with E-state index >= 15 is 0 Å². The molecule has 0 aromatic heterocycles. The minimum atomic E-state index is 0.320. The van der Waals surface area contributed by atoms with Crippen molar-refractivity contribution >= 4 is 23.3 Å². The first kappa shape index (κ1) is 22.1. The number of hydrogen-bond donors (Lipinski definition) is 0. The van der Waals surface area contributed by atoms with Gasteiger partial charge in [0.15, 0.2) is 23.0 Å². The molecule has 0 amide bonds. The van der Waals surface area contributed by atoms with E-state index in [2.05, 4.69) is 6.07 Å². The number of rotatable bonds is 8. The molecular weight excluding hydrogens is 414 g/mol. The zero-order valence-corrected chi connectivity index (χ0v) is 18.3. The fraction of sp³-hybridized carbons (Fsp3) is 0.160. The number of methoxy groups -OCH3 is 3. The van der Waals surface area contributed by atoms with Crippen LogP contribution in [0.25, 0.3) is 11.6 Å². The Bertz CT molecular complexity index is 1130. The molecule has 3 rings (SSSR count). The molecule has 0 saturated carbocycles. The van der Waals surface area contributed by atoms with Gasteiger partial charge in [0.25, 0.3) is 0 Å². The summed E-state index contributed by atoms with van der Waals surface area (Å²) in [5, 5.41) is 10.3. The zero-order chi connectivity index (χ0) is 22.2. The lowest BCUT2D eigenvalue weighted by Gasteiger charge is -2.12. The summed E-state index contributed by atoms with van der Waals surface area (Å²) < 4.78 is 22.0. The number of nitriles is 1. The highest BCUT2D eigenvalue weighted by atomic mass is 35.5. The van der Waals surface area contributed by atoms with Crippen molar-refractivity contribution in [2.24, 2.45) is 0 Å². The predicted octanol–water partition coefficient (Wildman–Crippen LogP) is 6.01. The van der Waals surface area contributed by atoms with E-state index in [0.29, 0.717) is 40.2 Å². The van der Waals surface area contributed by atoms with Crippen molar-refractivity contribution in [3.8, 4) is 29.1 Å². The van der Waals surface area contributed by atoms with Crippen LogP contribution in [0.4, 0.5) is 0 Å². The number of hydrogen-bond acceptors (Lipinski definition) is 5. The van der Waals surface area contributed by atoms with Gasteiger partial charge in [-0.2, -0.15) is 5.26 Å². The molecule has 0 heterocycles. The molecule has 0 radical (unpaired) electrons. The van der Waals surface area contributed by atoms with Crippen molar-refractivity contribution in [3.63, 3.8) is 0 Å². The largest absolute Gasteiger partial charge is 0.493 e. The maximum atomic E-state index is 9.69. The van der Waals surface area contributed by atoms with E-state index in [1.807, 2.05) is 48.5 Å². The summed E-state index contributed by atoms with van der Waals surface area (Å²) in [6, 6.07) is 20.6. The SMILES string of the molecule is COc1ccc(/C(C#N)=C/c2ccc(OCc3ccccc3Cl)c(OC)c2)cc1OC. The van der Waals surface area contributed by atoms with Gasteiger partial charge in [0.2, 0.25) is 0 Å². The number of nitrogens with zero attached hydrogens (tertiary/aromatic N) is 1. The van der Waals surface area contributed by atoms with Gasteiger partial charge in [0, 0.05) is 10.6 Å². The average molecular weight is 436 g/mol. The van der Waals surface area contributed by atoms with Gasteiger partial charge in [-0.15, -0.1) is 0 Å². The highest BCUT2D eigenvalue weighted by molar-refractivity contribution is 6.31. The van der Waals surface area contributed by atoms with Crippen molar-refractivity contribution in [1.82, 2.24) is 0 Å². The Kier molecular flexibility index (Phi) is 7.42. The molecule has 0 atom stereocenters. The summed E-state index contributed by atoms with van der Waals surface area (Å²) in [4.78, 5) is 0. The summed E-state index contributed by atoms with van der Waals surface area (Å²) in [6.45, 7) is 0.320. The van der Waals surface area contributed by atoms with E-state index < -0.39 is 0 Å². The summed E-state index contributed by atoms with van der Waals surface area (Å²) >= 11 is 6.20. The van der Waals surface area contributed by atoms with Crippen LogP contribution in [0, 0.1) is 11.3 Å². The Labute approximate surface area is 187 Å². The molecule has 0 aliphatic heterocycles. The molecule has 3 aromatic carbocycles. The maximum Gasteiger partial charge on any atom is 0.161 e. The second-order valence-electron chi connectivity index (χ2n) is 6.53. The summed E-state index contributed by atoms with van der Waals surface area (Å²) in [6.07, 6.45) is 1.78. The fourth-order valence-electron chi connectivity index (χ4n) is 3.01. The maximum absolute atomic E-state index is 9.69. The van der Waals surface area contributed by atoms with Crippen LogP contribution in [0.1, 0.15) is 16.7 Å². The molecule has 31 heavy (non-hydrogen) atoms. The minimum absolute atomic E-state index is 0.320. The van der Waals surface area contributed by atoms with Gasteiger partial charge in [-0.3, -0.25) is 0 Å². The monoisotopic (exact) mass is 435 g/mol. The third-order valence-electron chi connectivity index (χ3n) is 4.65. The first-order valence-corrected chi connectivity index (χ1v) is 9.85. The van der Waals surface area contributed by atoms with E-state index in [-0.39, 0.29) is 0 Å². The molecular formula is C25H22ClNO4.